The first-order chi connectivity index (χ1) is 8.56. The van der Waals surface area contributed by atoms with Gasteiger partial charge in [-0.05, 0) is 24.3 Å². The second-order valence-electron chi connectivity index (χ2n) is 3.37. The molecule has 0 radical (unpaired) electrons. The number of rotatable bonds is 3. The van der Waals surface area contributed by atoms with Gasteiger partial charge in [0.05, 0.1) is 6.20 Å². The second-order valence-corrected chi connectivity index (χ2v) is 4.29. The first-order valence-electron chi connectivity index (χ1n) is 4.88. The van der Waals surface area contributed by atoms with Crippen molar-refractivity contribution in [2.75, 3.05) is 0 Å². The number of aromatic nitrogens is 1. The molecule has 1 heterocycles. The van der Waals surface area contributed by atoms with Gasteiger partial charge in [0.1, 0.15) is 17.1 Å². The Bertz CT molecular complexity index is 604. The lowest BCUT2D eigenvalue weighted by atomic mass is 10.2. The summed E-state index contributed by atoms with van der Waals surface area (Å²) in [7, 11) is 0. The number of aromatic carboxylic acids is 1. The van der Waals surface area contributed by atoms with E-state index in [0.717, 1.165) is 16.7 Å². The first kappa shape index (κ1) is 12.5. The highest BCUT2D eigenvalue weighted by Crippen LogP contribution is 2.25. The molecule has 0 unspecified atom stereocenters. The zero-order valence-corrected chi connectivity index (χ0v) is 10.5. The van der Waals surface area contributed by atoms with Crippen LogP contribution in [-0.4, -0.2) is 16.1 Å². The minimum atomic E-state index is -1.30. The van der Waals surface area contributed by atoms with E-state index < -0.39 is 11.8 Å². The average molecular weight is 312 g/mol. The van der Waals surface area contributed by atoms with Crippen LogP contribution in [0.1, 0.15) is 10.4 Å². The molecule has 1 aromatic heterocycles. The van der Waals surface area contributed by atoms with Crippen LogP contribution < -0.4 is 4.74 Å². The van der Waals surface area contributed by atoms with Crippen LogP contribution >= 0.6 is 15.9 Å². The maximum Gasteiger partial charge on any atom is 0.341 e. The Morgan fingerprint density at radius 1 is 1.39 bits per heavy atom. The molecule has 1 N–H and O–H groups in total. The van der Waals surface area contributed by atoms with Crippen LogP contribution in [0.5, 0.6) is 11.6 Å². The highest BCUT2D eigenvalue weighted by Gasteiger charge is 2.15. The molecular weight excluding hydrogens is 305 g/mol. The van der Waals surface area contributed by atoms with E-state index in [1.165, 1.54) is 0 Å². The van der Waals surface area contributed by atoms with Crippen LogP contribution in [0, 0.1) is 5.82 Å². The van der Waals surface area contributed by atoms with Crippen LogP contribution in [0.15, 0.2) is 41.0 Å². The molecule has 2 aromatic rings. The lowest BCUT2D eigenvalue weighted by Crippen LogP contribution is -2.02. The third-order valence-electron chi connectivity index (χ3n) is 2.06. The van der Waals surface area contributed by atoms with Gasteiger partial charge in [-0.25, -0.2) is 14.2 Å². The van der Waals surface area contributed by atoms with E-state index in [9.17, 15) is 9.18 Å². The van der Waals surface area contributed by atoms with E-state index in [1.54, 1.807) is 24.3 Å². The van der Waals surface area contributed by atoms with Crippen molar-refractivity contribution in [2.45, 2.75) is 0 Å². The average Bonchev–Trinajstić information content (AvgIpc) is 2.31. The fraction of sp³-hybridized carbons (Fsp3) is 0. The summed E-state index contributed by atoms with van der Waals surface area (Å²) in [6, 6.07) is 7.67. The standard InChI is InChI=1S/C12H7BrFNO3/c13-7-2-1-3-9(4-7)18-11-10(12(16)17)5-8(14)6-15-11/h1-6H,(H,16,17). The number of nitrogens with zero attached hydrogens (tertiary/aromatic N) is 1. The number of pyridine rings is 1. The summed E-state index contributed by atoms with van der Waals surface area (Å²) < 4.78 is 19.0. The maximum atomic E-state index is 12.9. The van der Waals surface area contributed by atoms with Gasteiger partial charge in [-0.3, -0.25) is 0 Å². The van der Waals surface area contributed by atoms with E-state index in [2.05, 4.69) is 20.9 Å². The Hall–Kier alpha value is -1.95. The molecule has 0 amide bonds. The van der Waals surface area contributed by atoms with Crippen LogP contribution in [0.4, 0.5) is 4.39 Å². The van der Waals surface area contributed by atoms with Crippen molar-refractivity contribution in [3.05, 3.63) is 52.4 Å². The summed E-state index contributed by atoms with van der Waals surface area (Å²) in [5.74, 6) is -1.77. The zero-order chi connectivity index (χ0) is 13.1. The van der Waals surface area contributed by atoms with E-state index in [4.69, 9.17) is 9.84 Å². The highest BCUT2D eigenvalue weighted by atomic mass is 79.9. The Kier molecular flexibility index (Phi) is 3.57. The van der Waals surface area contributed by atoms with Gasteiger partial charge in [0.25, 0.3) is 0 Å². The minimum absolute atomic E-state index is 0.151. The monoisotopic (exact) mass is 311 g/mol. The number of hydrogen-bond donors (Lipinski definition) is 1. The predicted molar refractivity (Wildman–Crippen MR) is 65.4 cm³/mol. The summed E-state index contributed by atoms with van der Waals surface area (Å²) in [6.45, 7) is 0. The molecule has 92 valence electrons. The summed E-state index contributed by atoms with van der Waals surface area (Å²) in [4.78, 5) is 14.6. The minimum Gasteiger partial charge on any atom is -0.477 e. The van der Waals surface area contributed by atoms with Gasteiger partial charge in [0.2, 0.25) is 5.88 Å². The molecule has 0 spiro atoms. The number of benzene rings is 1. The number of ether oxygens (including phenoxy) is 1. The van der Waals surface area contributed by atoms with Crippen LogP contribution in [0.2, 0.25) is 0 Å². The Balaban J connectivity index is 2.37. The van der Waals surface area contributed by atoms with Gasteiger partial charge in [0, 0.05) is 4.47 Å². The van der Waals surface area contributed by atoms with Gasteiger partial charge in [-0.15, -0.1) is 0 Å². The molecule has 0 bridgehead atoms. The smallest absolute Gasteiger partial charge is 0.341 e. The van der Waals surface area contributed by atoms with Crippen molar-refractivity contribution in [3.8, 4) is 11.6 Å². The van der Waals surface area contributed by atoms with E-state index in [-0.39, 0.29) is 11.4 Å². The van der Waals surface area contributed by atoms with E-state index in [1.807, 2.05) is 0 Å². The molecule has 0 aliphatic carbocycles. The molecule has 0 saturated carbocycles. The Labute approximate surface area is 110 Å². The number of carboxylic acid groups (broad SMARTS) is 1. The van der Waals surface area contributed by atoms with Gasteiger partial charge in [0.15, 0.2) is 0 Å². The maximum absolute atomic E-state index is 12.9. The van der Waals surface area contributed by atoms with Gasteiger partial charge >= 0.3 is 5.97 Å². The summed E-state index contributed by atoms with van der Waals surface area (Å²) >= 11 is 3.26. The van der Waals surface area contributed by atoms with Crippen molar-refractivity contribution < 1.29 is 19.0 Å². The molecule has 18 heavy (non-hydrogen) atoms. The molecule has 4 nitrogen and oxygen atoms in total. The quantitative estimate of drug-likeness (QED) is 0.943. The van der Waals surface area contributed by atoms with Gasteiger partial charge in [-0.2, -0.15) is 0 Å². The summed E-state index contributed by atoms with van der Waals surface area (Å²) in [5.41, 5.74) is -0.324. The molecular formula is C12H7BrFNO3. The lowest BCUT2D eigenvalue weighted by molar-refractivity contribution is 0.0692. The van der Waals surface area contributed by atoms with Gasteiger partial charge < -0.3 is 9.84 Å². The summed E-state index contributed by atoms with van der Waals surface area (Å²) in [6.07, 6.45) is 0.903. The topological polar surface area (TPSA) is 59.4 Å². The molecule has 2 rings (SSSR count). The number of carbonyl (C=O) groups is 1. The molecule has 0 fully saturated rings. The van der Waals surface area contributed by atoms with Crippen molar-refractivity contribution in [1.82, 2.24) is 4.98 Å². The van der Waals surface area contributed by atoms with E-state index >= 15 is 0 Å². The molecule has 0 saturated heterocycles. The Morgan fingerprint density at radius 2 is 2.17 bits per heavy atom. The first-order valence-corrected chi connectivity index (χ1v) is 5.68. The number of halogens is 2. The molecule has 0 aliphatic heterocycles. The number of hydrogen-bond acceptors (Lipinski definition) is 3. The number of carboxylic acids is 1. The zero-order valence-electron chi connectivity index (χ0n) is 8.93. The van der Waals surface area contributed by atoms with E-state index in [0.29, 0.717) is 5.75 Å². The molecule has 6 heteroatoms. The fourth-order valence-electron chi connectivity index (χ4n) is 1.30. The molecule has 0 atom stereocenters. The van der Waals surface area contributed by atoms with Crippen molar-refractivity contribution in [1.29, 1.82) is 0 Å². The normalized spacial score (nSPS) is 10.1. The van der Waals surface area contributed by atoms with Crippen LogP contribution in [-0.2, 0) is 0 Å². The Morgan fingerprint density at radius 3 is 2.83 bits per heavy atom. The van der Waals surface area contributed by atoms with Crippen molar-refractivity contribution in [3.63, 3.8) is 0 Å². The third kappa shape index (κ3) is 2.84. The lowest BCUT2D eigenvalue weighted by Gasteiger charge is -2.07. The largest absolute Gasteiger partial charge is 0.477 e. The molecule has 1 aromatic carbocycles. The van der Waals surface area contributed by atoms with Crippen molar-refractivity contribution >= 4 is 21.9 Å². The fourth-order valence-corrected chi connectivity index (χ4v) is 1.68. The SMILES string of the molecule is O=C(O)c1cc(F)cnc1Oc1cccc(Br)c1. The van der Waals surface area contributed by atoms with Crippen LogP contribution in [0.25, 0.3) is 0 Å². The summed E-state index contributed by atoms with van der Waals surface area (Å²) in [5, 5.41) is 8.93. The van der Waals surface area contributed by atoms with Gasteiger partial charge in [-0.1, -0.05) is 22.0 Å². The molecule has 0 aliphatic rings. The van der Waals surface area contributed by atoms with Crippen LogP contribution in [0.3, 0.4) is 0 Å². The second kappa shape index (κ2) is 5.14. The predicted octanol–water partition coefficient (Wildman–Crippen LogP) is 3.47. The third-order valence-corrected chi connectivity index (χ3v) is 2.55. The van der Waals surface area contributed by atoms with Crippen molar-refractivity contribution in [2.24, 2.45) is 0 Å². The highest BCUT2D eigenvalue weighted by molar-refractivity contribution is 9.10.